The van der Waals surface area contributed by atoms with Gasteiger partial charge in [0.25, 0.3) is 0 Å². The first kappa shape index (κ1) is 24.3. The molecule has 2 aliphatic rings. The Morgan fingerprint density at radius 1 is 0.970 bits per heavy atom. The Balaban J connectivity index is 1.24. The van der Waals surface area contributed by atoms with Gasteiger partial charge >= 0.3 is 0 Å². The van der Waals surface area contributed by atoms with E-state index in [9.17, 15) is 13.2 Å². The van der Waals surface area contributed by atoms with Crippen LogP contribution in [-0.2, 0) is 27.8 Å². The Kier molecular flexibility index (Phi) is 8.15. The lowest BCUT2D eigenvalue weighted by Gasteiger charge is -2.33. The van der Waals surface area contributed by atoms with Crippen LogP contribution in [-0.4, -0.2) is 77.8 Å². The molecule has 0 bridgehead atoms. The maximum Gasteiger partial charge on any atom is 0.243 e. The maximum atomic E-state index is 12.8. The minimum Gasteiger partial charge on any atom is -0.343 e. The lowest BCUT2D eigenvalue weighted by Crippen LogP contribution is -2.48. The van der Waals surface area contributed by atoms with E-state index in [1.807, 2.05) is 4.90 Å². The molecule has 1 aromatic carbocycles. The standard InChI is InChI=1S/C22H30BrN5O4S/c23-18-5-7-19(8-6-18)33(30,31)28-15-13-26(14-16-28)17-20-24-21(32-25-20)9-10-22(29)27-11-3-1-2-4-12-27/h5-8H,1-4,9-17H2. The van der Waals surface area contributed by atoms with Gasteiger partial charge in [-0.3, -0.25) is 9.69 Å². The van der Waals surface area contributed by atoms with Crippen molar-refractivity contribution in [3.8, 4) is 0 Å². The molecule has 0 atom stereocenters. The number of sulfonamides is 1. The molecule has 180 valence electrons. The number of aromatic nitrogens is 2. The van der Waals surface area contributed by atoms with E-state index in [0.717, 1.165) is 30.4 Å². The third kappa shape index (κ3) is 6.40. The highest BCUT2D eigenvalue weighted by Gasteiger charge is 2.29. The molecule has 4 rings (SSSR count). The number of amides is 1. The van der Waals surface area contributed by atoms with E-state index in [2.05, 4.69) is 31.0 Å². The van der Waals surface area contributed by atoms with Gasteiger partial charge in [-0.1, -0.05) is 33.9 Å². The van der Waals surface area contributed by atoms with E-state index in [0.29, 0.717) is 62.2 Å². The Bertz CT molecular complexity index is 1030. The summed E-state index contributed by atoms with van der Waals surface area (Å²) in [5.41, 5.74) is 0. The van der Waals surface area contributed by atoms with Crippen molar-refractivity contribution >= 4 is 31.9 Å². The van der Waals surface area contributed by atoms with E-state index in [1.165, 1.54) is 17.1 Å². The van der Waals surface area contributed by atoms with E-state index in [-0.39, 0.29) is 5.91 Å². The highest BCUT2D eigenvalue weighted by Crippen LogP contribution is 2.20. The summed E-state index contributed by atoms with van der Waals surface area (Å²) < 4.78 is 33.4. The third-order valence-corrected chi connectivity index (χ3v) is 8.61. The van der Waals surface area contributed by atoms with Crippen LogP contribution in [0.3, 0.4) is 0 Å². The molecule has 0 saturated carbocycles. The number of carbonyl (C=O) groups is 1. The largest absolute Gasteiger partial charge is 0.343 e. The van der Waals surface area contributed by atoms with Crippen LogP contribution in [0.25, 0.3) is 0 Å². The van der Waals surface area contributed by atoms with Crippen molar-refractivity contribution < 1.29 is 17.7 Å². The number of carbonyl (C=O) groups excluding carboxylic acids is 1. The summed E-state index contributed by atoms with van der Waals surface area (Å²) in [6.45, 7) is 4.19. The summed E-state index contributed by atoms with van der Waals surface area (Å²) in [6.07, 6.45) is 5.38. The number of halogens is 1. The van der Waals surface area contributed by atoms with Gasteiger partial charge in [0.2, 0.25) is 21.8 Å². The Labute approximate surface area is 203 Å². The summed E-state index contributed by atoms with van der Waals surface area (Å²) in [7, 11) is -3.50. The zero-order chi connectivity index (χ0) is 23.3. The van der Waals surface area contributed by atoms with Crippen molar-refractivity contribution in [2.75, 3.05) is 39.3 Å². The lowest BCUT2D eigenvalue weighted by atomic mass is 10.2. The first-order chi connectivity index (χ1) is 15.9. The van der Waals surface area contributed by atoms with Crippen molar-refractivity contribution in [1.29, 1.82) is 0 Å². The number of hydrogen-bond acceptors (Lipinski definition) is 7. The topological polar surface area (TPSA) is 99.9 Å². The van der Waals surface area contributed by atoms with Crippen LogP contribution in [0, 0.1) is 0 Å². The zero-order valence-corrected chi connectivity index (χ0v) is 21.1. The number of hydrogen-bond donors (Lipinski definition) is 0. The molecule has 2 aromatic rings. The molecule has 2 saturated heterocycles. The molecule has 11 heteroatoms. The smallest absolute Gasteiger partial charge is 0.243 e. The molecule has 2 aliphatic heterocycles. The predicted molar refractivity (Wildman–Crippen MR) is 126 cm³/mol. The van der Waals surface area contributed by atoms with Crippen LogP contribution in [0.15, 0.2) is 38.2 Å². The van der Waals surface area contributed by atoms with Crippen LogP contribution >= 0.6 is 15.9 Å². The fourth-order valence-corrected chi connectivity index (χ4v) is 5.92. The Hall–Kier alpha value is -1.82. The van der Waals surface area contributed by atoms with Crippen LogP contribution < -0.4 is 0 Å². The lowest BCUT2D eigenvalue weighted by molar-refractivity contribution is -0.131. The second-order valence-corrected chi connectivity index (χ2v) is 11.4. The van der Waals surface area contributed by atoms with Gasteiger partial charge in [0.05, 0.1) is 11.4 Å². The summed E-state index contributed by atoms with van der Waals surface area (Å²) in [5, 5.41) is 4.05. The second kappa shape index (κ2) is 11.1. The summed E-state index contributed by atoms with van der Waals surface area (Å²) in [6, 6.07) is 6.70. The fraction of sp³-hybridized carbons (Fsp3) is 0.591. The Morgan fingerprint density at radius 2 is 1.64 bits per heavy atom. The summed E-state index contributed by atoms with van der Waals surface area (Å²) in [5.74, 6) is 1.20. The van der Waals surface area contributed by atoms with Gasteiger partial charge < -0.3 is 9.42 Å². The molecule has 2 fully saturated rings. The molecule has 0 N–H and O–H groups in total. The average Bonchev–Trinajstić information content (AvgIpc) is 3.08. The van der Waals surface area contributed by atoms with E-state index >= 15 is 0 Å². The minimum atomic E-state index is -3.50. The number of piperazine rings is 1. The van der Waals surface area contributed by atoms with Crippen molar-refractivity contribution in [2.24, 2.45) is 0 Å². The first-order valence-electron chi connectivity index (χ1n) is 11.5. The molecular weight excluding hydrogens is 510 g/mol. The molecule has 1 aromatic heterocycles. The Morgan fingerprint density at radius 3 is 2.30 bits per heavy atom. The highest BCUT2D eigenvalue weighted by atomic mass is 79.9. The van der Waals surface area contributed by atoms with Crippen molar-refractivity contribution in [3.05, 3.63) is 40.5 Å². The van der Waals surface area contributed by atoms with Gasteiger partial charge in [0.1, 0.15) is 0 Å². The van der Waals surface area contributed by atoms with E-state index < -0.39 is 10.0 Å². The third-order valence-electron chi connectivity index (χ3n) is 6.17. The number of nitrogens with zero attached hydrogens (tertiary/aromatic N) is 5. The molecule has 0 unspecified atom stereocenters. The van der Waals surface area contributed by atoms with Gasteiger partial charge in [-0.2, -0.15) is 9.29 Å². The molecule has 1 amide bonds. The summed E-state index contributed by atoms with van der Waals surface area (Å²) in [4.78, 5) is 21.3. The first-order valence-corrected chi connectivity index (χ1v) is 13.7. The minimum absolute atomic E-state index is 0.153. The number of aryl methyl sites for hydroxylation is 1. The average molecular weight is 540 g/mol. The molecular formula is C22H30BrN5O4S. The van der Waals surface area contributed by atoms with Crippen LogP contribution in [0.2, 0.25) is 0 Å². The van der Waals surface area contributed by atoms with Gasteiger partial charge in [0.15, 0.2) is 5.82 Å². The van der Waals surface area contributed by atoms with Gasteiger partial charge in [0, 0.05) is 56.6 Å². The number of likely N-dealkylation sites (tertiary alicyclic amines) is 1. The quantitative estimate of drug-likeness (QED) is 0.533. The molecule has 0 aliphatic carbocycles. The number of rotatable bonds is 7. The predicted octanol–water partition coefficient (Wildman–Crippen LogP) is 2.67. The van der Waals surface area contributed by atoms with Crippen molar-refractivity contribution in [2.45, 2.75) is 50.0 Å². The van der Waals surface area contributed by atoms with Gasteiger partial charge in [-0.15, -0.1) is 0 Å². The SMILES string of the molecule is O=C(CCc1nc(CN2CCN(S(=O)(=O)c3ccc(Br)cc3)CC2)no1)N1CCCCCC1. The van der Waals surface area contributed by atoms with Crippen LogP contribution in [0.5, 0.6) is 0 Å². The number of benzene rings is 1. The van der Waals surface area contributed by atoms with E-state index in [4.69, 9.17) is 4.52 Å². The maximum absolute atomic E-state index is 12.8. The van der Waals surface area contributed by atoms with Crippen molar-refractivity contribution in [3.63, 3.8) is 0 Å². The van der Waals surface area contributed by atoms with Gasteiger partial charge in [-0.25, -0.2) is 8.42 Å². The fourth-order valence-electron chi connectivity index (χ4n) is 4.23. The second-order valence-electron chi connectivity index (χ2n) is 8.53. The molecule has 9 nitrogen and oxygen atoms in total. The molecule has 0 spiro atoms. The summed E-state index contributed by atoms with van der Waals surface area (Å²) >= 11 is 3.33. The van der Waals surface area contributed by atoms with Crippen LogP contribution in [0.1, 0.15) is 43.8 Å². The zero-order valence-electron chi connectivity index (χ0n) is 18.7. The van der Waals surface area contributed by atoms with Crippen molar-refractivity contribution in [1.82, 2.24) is 24.2 Å². The monoisotopic (exact) mass is 539 g/mol. The molecule has 0 radical (unpaired) electrons. The van der Waals surface area contributed by atoms with Gasteiger partial charge in [-0.05, 0) is 37.1 Å². The van der Waals surface area contributed by atoms with E-state index in [1.54, 1.807) is 24.3 Å². The molecule has 33 heavy (non-hydrogen) atoms. The normalized spacial score (nSPS) is 18.9. The molecule has 3 heterocycles. The highest BCUT2D eigenvalue weighted by molar-refractivity contribution is 9.10. The van der Waals surface area contributed by atoms with Crippen LogP contribution in [0.4, 0.5) is 0 Å².